The molecular formula is C9H10ClN5OS. The van der Waals surface area contributed by atoms with E-state index in [1.807, 2.05) is 13.8 Å². The summed E-state index contributed by atoms with van der Waals surface area (Å²) in [5.74, 6) is 1.19. The van der Waals surface area contributed by atoms with E-state index in [1.165, 1.54) is 11.8 Å². The molecule has 6 nitrogen and oxygen atoms in total. The lowest BCUT2D eigenvalue weighted by Crippen LogP contribution is -1.99. The molecule has 1 N–H and O–H groups in total. The van der Waals surface area contributed by atoms with Gasteiger partial charge in [-0.3, -0.25) is 0 Å². The van der Waals surface area contributed by atoms with E-state index in [0.29, 0.717) is 16.3 Å². The Morgan fingerprint density at radius 3 is 2.53 bits per heavy atom. The molecule has 0 amide bonds. The molecule has 2 heterocycles. The van der Waals surface area contributed by atoms with Crippen molar-refractivity contribution in [2.75, 3.05) is 12.4 Å². The summed E-state index contributed by atoms with van der Waals surface area (Å²) in [7, 11) is 1.71. The van der Waals surface area contributed by atoms with Crippen LogP contribution in [0.25, 0.3) is 0 Å². The average Bonchev–Trinajstić information content (AvgIpc) is 2.57. The first-order valence-electron chi connectivity index (χ1n) is 4.79. The van der Waals surface area contributed by atoms with Gasteiger partial charge in [0.05, 0.1) is 5.69 Å². The first-order valence-corrected chi connectivity index (χ1v) is 5.99. The molecule has 0 aliphatic rings. The average molecular weight is 272 g/mol. The Morgan fingerprint density at radius 2 is 1.94 bits per heavy atom. The normalized spacial score (nSPS) is 10.6. The van der Waals surface area contributed by atoms with E-state index in [9.17, 15) is 0 Å². The summed E-state index contributed by atoms with van der Waals surface area (Å²) < 4.78 is 5.42. The lowest BCUT2D eigenvalue weighted by atomic mass is 10.4. The van der Waals surface area contributed by atoms with Crippen LogP contribution in [0.3, 0.4) is 0 Å². The zero-order valence-corrected chi connectivity index (χ0v) is 11.1. The SMILES string of the molecule is CNc1nc(Cl)nc(Sc2nc(C)c(C)o2)n1. The quantitative estimate of drug-likeness (QED) is 0.918. The molecule has 0 aliphatic carbocycles. The van der Waals surface area contributed by atoms with Crippen LogP contribution in [0.4, 0.5) is 5.95 Å². The lowest BCUT2D eigenvalue weighted by Gasteiger charge is -2.00. The maximum atomic E-state index is 5.76. The van der Waals surface area contributed by atoms with Crippen molar-refractivity contribution in [3.8, 4) is 0 Å². The van der Waals surface area contributed by atoms with E-state index in [2.05, 4.69) is 25.3 Å². The number of rotatable bonds is 3. The van der Waals surface area contributed by atoms with Crippen LogP contribution in [-0.2, 0) is 0 Å². The molecule has 0 saturated carbocycles. The number of aromatic nitrogens is 4. The summed E-state index contributed by atoms with van der Waals surface area (Å²) in [4.78, 5) is 16.2. The van der Waals surface area contributed by atoms with Crippen molar-refractivity contribution in [2.45, 2.75) is 24.2 Å². The van der Waals surface area contributed by atoms with Gasteiger partial charge in [0.2, 0.25) is 16.4 Å². The van der Waals surface area contributed by atoms with Crippen LogP contribution in [0.15, 0.2) is 14.8 Å². The Bertz CT molecular complexity index is 525. The van der Waals surface area contributed by atoms with Gasteiger partial charge in [0, 0.05) is 18.8 Å². The zero-order valence-electron chi connectivity index (χ0n) is 9.48. The molecule has 90 valence electrons. The second kappa shape index (κ2) is 4.89. The van der Waals surface area contributed by atoms with Gasteiger partial charge >= 0.3 is 0 Å². The number of hydrogen-bond acceptors (Lipinski definition) is 7. The molecule has 2 rings (SSSR count). The van der Waals surface area contributed by atoms with Gasteiger partial charge in [-0.2, -0.15) is 15.0 Å². The van der Waals surface area contributed by atoms with Crippen molar-refractivity contribution in [3.63, 3.8) is 0 Å². The molecular weight excluding hydrogens is 262 g/mol. The third-order valence-electron chi connectivity index (χ3n) is 2.00. The summed E-state index contributed by atoms with van der Waals surface area (Å²) in [5, 5.41) is 3.86. The van der Waals surface area contributed by atoms with Gasteiger partial charge in [-0.25, -0.2) is 4.98 Å². The van der Waals surface area contributed by atoms with E-state index in [0.717, 1.165) is 11.5 Å². The fourth-order valence-corrected chi connectivity index (χ4v) is 2.03. The zero-order chi connectivity index (χ0) is 12.4. The highest BCUT2D eigenvalue weighted by Gasteiger charge is 2.11. The van der Waals surface area contributed by atoms with Crippen molar-refractivity contribution >= 4 is 29.3 Å². The maximum Gasteiger partial charge on any atom is 0.264 e. The molecule has 0 unspecified atom stereocenters. The third-order valence-corrected chi connectivity index (χ3v) is 2.88. The molecule has 2 aromatic rings. The van der Waals surface area contributed by atoms with Crippen LogP contribution in [0.5, 0.6) is 0 Å². The standard InChI is InChI=1S/C9H10ClN5OS/c1-4-5(2)16-9(12-4)17-8-14-6(10)13-7(11-3)15-8/h1-3H3,(H,11,13,14,15). The van der Waals surface area contributed by atoms with E-state index in [-0.39, 0.29) is 5.28 Å². The minimum absolute atomic E-state index is 0.131. The number of nitrogens with zero attached hydrogens (tertiary/aromatic N) is 4. The van der Waals surface area contributed by atoms with E-state index < -0.39 is 0 Å². The van der Waals surface area contributed by atoms with Crippen LogP contribution < -0.4 is 5.32 Å². The van der Waals surface area contributed by atoms with Crippen LogP contribution in [-0.4, -0.2) is 27.0 Å². The molecule has 0 fully saturated rings. The second-order valence-corrected chi connectivity index (χ2v) is 4.44. The molecule has 2 aromatic heterocycles. The number of aryl methyl sites for hydroxylation is 2. The Balaban J connectivity index is 2.26. The fourth-order valence-electron chi connectivity index (χ4n) is 1.05. The largest absolute Gasteiger partial charge is 0.436 e. The van der Waals surface area contributed by atoms with Crippen molar-refractivity contribution in [2.24, 2.45) is 0 Å². The van der Waals surface area contributed by atoms with E-state index in [4.69, 9.17) is 16.0 Å². The molecule has 0 spiro atoms. The molecule has 0 aliphatic heterocycles. The summed E-state index contributed by atoms with van der Waals surface area (Å²) in [6.45, 7) is 3.73. The summed E-state index contributed by atoms with van der Waals surface area (Å²) >= 11 is 6.97. The third kappa shape index (κ3) is 2.86. The molecule has 17 heavy (non-hydrogen) atoms. The second-order valence-electron chi connectivity index (χ2n) is 3.18. The van der Waals surface area contributed by atoms with Crippen LogP contribution in [0, 0.1) is 13.8 Å². The minimum atomic E-state index is 0.131. The van der Waals surface area contributed by atoms with Crippen molar-refractivity contribution in [3.05, 3.63) is 16.7 Å². The topological polar surface area (TPSA) is 76.7 Å². The predicted octanol–water partition coefficient (Wildman–Crippen LogP) is 2.32. The number of oxazole rings is 1. The Labute approximate surface area is 107 Å². The van der Waals surface area contributed by atoms with Gasteiger partial charge in [-0.15, -0.1) is 0 Å². The monoisotopic (exact) mass is 271 g/mol. The molecule has 0 bridgehead atoms. The molecule has 0 aromatic carbocycles. The van der Waals surface area contributed by atoms with Gasteiger partial charge in [0.15, 0.2) is 0 Å². The van der Waals surface area contributed by atoms with Gasteiger partial charge in [-0.05, 0) is 25.4 Å². The highest BCUT2D eigenvalue weighted by Crippen LogP contribution is 2.26. The molecule has 8 heteroatoms. The smallest absolute Gasteiger partial charge is 0.264 e. The number of nitrogens with one attached hydrogen (secondary N) is 1. The van der Waals surface area contributed by atoms with Crippen molar-refractivity contribution < 1.29 is 4.42 Å². The molecule has 0 saturated heterocycles. The first kappa shape index (κ1) is 12.1. The Hall–Kier alpha value is -1.34. The highest BCUT2D eigenvalue weighted by atomic mass is 35.5. The lowest BCUT2D eigenvalue weighted by molar-refractivity contribution is 0.430. The predicted molar refractivity (Wildman–Crippen MR) is 64.5 cm³/mol. The Kier molecular flexibility index (Phi) is 3.49. The summed E-state index contributed by atoms with van der Waals surface area (Å²) in [6.07, 6.45) is 0. The van der Waals surface area contributed by atoms with Gasteiger partial charge < -0.3 is 9.73 Å². The first-order chi connectivity index (χ1) is 8.08. The van der Waals surface area contributed by atoms with Gasteiger partial charge in [0.25, 0.3) is 5.22 Å². The maximum absolute atomic E-state index is 5.76. The summed E-state index contributed by atoms with van der Waals surface area (Å²) in [6, 6.07) is 0. The molecule has 0 radical (unpaired) electrons. The van der Waals surface area contributed by atoms with Gasteiger partial charge in [-0.1, -0.05) is 0 Å². The highest BCUT2D eigenvalue weighted by molar-refractivity contribution is 7.98. The molecule has 0 atom stereocenters. The van der Waals surface area contributed by atoms with Crippen LogP contribution in [0.2, 0.25) is 5.28 Å². The van der Waals surface area contributed by atoms with Gasteiger partial charge in [0.1, 0.15) is 5.76 Å². The number of halogens is 1. The van der Waals surface area contributed by atoms with Crippen molar-refractivity contribution in [1.82, 2.24) is 19.9 Å². The van der Waals surface area contributed by atoms with Crippen LogP contribution >= 0.6 is 23.4 Å². The minimum Gasteiger partial charge on any atom is -0.436 e. The Morgan fingerprint density at radius 1 is 1.18 bits per heavy atom. The fraction of sp³-hybridized carbons (Fsp3) is 0.333. The van der Waals surface area contributed by atoms with Crippen molar-refractivity contribution in [1.29, 1.82) is 0 Å². The number of anilines is 1. The summed E-state index contributed by atoms with van der Waals surface area (Å²) in [5.41, 5.74) is 0.849. The van der Waals surface area contributed by atoms with E-state index in [1.54, 1.807) is 7.05 Å². The van der Waals surface area contributed by atoms with E-state index >= 15 is 0 Å². The number of hydrogen-bond donors (Lipinski definition) is 1. The van der Waals surface area contributed by atoms with Crippen LogP contribution in [0.1, 0.15) is 11.5 Å².